The van der Waals surface area contributed by atoms with Crippen LogP contribution in [0.3, 0.4) is 0 Å². The predicted octanol–water partition coefficient (Wildman–Crippen LogP) is 1.33. The van der Waals surface area contributed by atoms with E-state index in [1.165, 1.54) is 11.2 Å². The molecule has 2 fully saturated rings. The van der Waals surface area contributed by atoms with Crippen LogP contribution in [0.5, 0.6) is 0 Å². The summed E-state index contributed by atoms with van der Waals surface area (Å²) in [5, 5.41) is 8.83. The molecule has 134 valence electrons. The van der Waals surface area contributed by atoms with Crippen molar-refractivity contribution in [1.82, 2.24) is 9.80 Å². The SMILES string of the molecule is N#CCCN(Cc1ccco1)C(=O)CN1C(=O)[C@H]2[C@H](C1=O)[C@H]1C=C[C@H]2C1. The molecule has 1 aromatic heterocycles. The number of nitrogens with zero attached hydrogens (tertiary/aromatic N) is 3. The minimum absolute atomic E-state index is 0.124. The Morgan fingerprint density at radius 3 is 2.54 bits per heavy atom. The van der Waals surface area contributed by atoms with Gasteiger partial charge in [0.05, 0.1) is 37.1 Å². The first kappa shape index (κ1) is 16.6. The number of likely N-dealkylation sites (tertiary alicyclic amines) is 1. The highest BCUT2D eigenvalue weighted by atomic mass is 16.3. The molecule has 3 amide bonds. The lowest BCUT2D eigenvalue weighted by Gasteiger charge is -2.24. The fourth-order valence-electron chi connectivity index (χ4n) is 4.42. The molecule has 0 N–H and O–H groups in total. The standard InChI is InChI=1S/C19H19N3O4/c20-6-2-7-21(10-14-3-1-8-26-14)15(23)11-22-18(24)16-12-4-5-13(9-12)17(16)19(22)25/h1,3-5,8,12-13,16-17H,2,7,9-11H2/t12-,13-,16+,17+/m0/s1. The van der Waals surface area contributed by atoms with E-state index in [1.54, 1.807) is 12.1 Å². The van der Waals surface area contributed by atoms with Crippen molar-refractivity contribution in [3.05, 3.63) is 36.3 Å². The molecule has 26 heavy (non-hydrogen) atoms. The zero-order chi connectivity index (χ0) is 18.3. The summed E-state index contributed by atoms with van der Waals surface area (Å²) in [7, 11) is 0. The van der Waals surface area contributed by atoms with E-state index >= 15 is 0 Å². The highest BCUT2D eigenvalue weighted by Gasteiger charge is 2.59. The minimum atomic E-state index is -0.348. The molecule has 0 radical (unpaired) electrons. The van der Waals surface area contributed by atoms with Gasteiger partial charge in [0, 0.05) is 6.54 Å². The molecule has 0 unspecified atom stereocenters. The van der Waals surface area contributed by atoms with Gasteiger partial charge in [-0.15, -0.1) is 0 Å². The second kappa shape index (κ2) is 6.45. The van der Waals surface area contributed by atoms with Crippen LogP contribution in [-0.4, -0.2) is 40.6 Å². The van der Waals surface area contributed by atoms with Crippen LogP contribution in [0.25, 0.3) is 0 Å². The van der Waals surface area contributed by atoms with Gasteiger partial charge in [-0.3, -0.25) is 19.3 Å². The van der Waals surface area contributed by atoms with Crippen molar-refractivity contribution < 1.29 is 18.8 Å². The zero-order valence-electron chi connectivity index (χ0n) is 14.2. The van der Waals surface area contributed by atoms with E-state index in [0.29, 0.717) is 5.76 Å². The van der Waals surface area contributed by atoms with Gasteiger partial charge in [-0.2, -0.15) is 5.26 Å². The van der Waals surface area contributed by atoms with Gasteiger partial charge in [0.2, 0.25) is 17.7 Å². The average Bonchev–Trinajstić information content (AvgIpc) is 3.40. The van der Waals surface area contributed by atoms with E-state index in [0.717, 1.165) is 11.3 Å². The number of rotatable bonds is 6. The van der Waals surface area contributed by atoms with Crippen LogP contribution in [-0.2, 0) is 20.9 Å². The lowest BCUT2D eigenvalue weighted by Crippen LogP contribution is -2.43. The van der Waals surface area contributed by atoms with E-state index < -0.39 is 0 Å². The number of carbonyl (C=O) groups is 3. The third-order valence-corrected chi connectivity index (χ3v) is 5.63. The second-order valence-corrected chi connectivity index (χ2v) is 7.07. The molecular formula is C19H19N3O4. The van der Waals surface area contributed by atoms with Gasteiger partial charge in [0.15, 0.2) is 0 Å². The quantitative estimate of drug-likeness (QED) is 0.568. The molecule has 1 saturated carbocycles. The molecular weight excluding hydrogens is 334 g/mol. The zero-order valence-corrected chi connectivity index (χ0v) is 14.2. The van der Waals surface area contributed by atoms with E-state index in [-0.39, 0.29) is 67.4 Å². The Bertz CT molecular complexity index is 777. The van der Waals surface area contributed by atoms with Crippen LogP contribution < -0.4 is 0 Å². The van der Waals surface area contributed by atoms with Crippen molar-refractivity contribution in [2.75, 3.05) is 13.1 Å². The van der Waals surface area contributed by atoms with Crippen molar-refractivity contribution in [3.8, 4) is 6.07 Å². The van der Waals surface area contributed by atoms with Gasteiger partial charge in [0.25, 0.3) is 0 Å². The Morgan fingerprint density at radius 1 is 1.27 bits per heavy atom. The van der Waals surface area contributed by atoms with Gasteiger partial charge in [-0.1, -0.05) is 12.2 Å². The van der Waals surface area contributed by atoms with Crippen molar-refractivity contribution >= 4 is 17.7 Å². The van der Waals surface area contributed by atoms with E-state index in [9.17, 15) is 14.4 Å². The number of hydrogen-bond donors (Lipinski definition) is 0. The third-order valence-electron chi connectivity index (χ3n) is 5.63. The maximum atomic E-state index is 12.7. The van der Waals surface area contributed by atoms with Crippen LogP contribution in [0, 0.1) is 35.0 Å². The number of nitriles is 1. The lowest BCUT2D eigenvalue weighted by molar-refractivity contribution is -0.147. The summed E-state index contributed by atoms with van der Waals surface area (Å²) >= 11 is 0. The van der Waals surface area contributed by atoms with Crippen molar-refractivity contribution in [1.29, 1.82) is 5.26 Å². The first-order valence-electron chi connectivity index (χ1n) is 8.81. The minimum Gasteiger partial charge on any atom is -0.467 e. The number of allylic oxidation sites excluding steroid dienone is 2. The van der Waals surface area contributed by atoms with Gasteiger partial charge in [-0.05, 0) is 30.4 Å². The van der Waals surface area contributed by atoms with Crippen LogP contribution >= 0.6 is 0 Å². The molecule has 7 nitrogen and oxygen atoms in total. The molecule has 2 heterocycles. The number of imide groups is 1. The van der Waals surface area contributed by atoms with Crippen LogP contribution in [0.4, 0.5) is 0 Å². The van der Waals surface area contributed by atoms with Crippen molar-refractivity contribution in [2.45, 2.75) is 19.4 Å². The van der Waals surface area contributed by atoms with E-state index in [4.69, 9.17) is 9.68 Å². The number of amides is 3. The van der Waals surface area contributed by atoms with Gasteiger partial charge < -0.3 is 9.32 Å². The Kier molecular flexibility index (Phi) is 4.11. The maximum Gasteiger partial charge on any atom is 0.243 e. The fraction of sp³-hybridized carbons (Fsp3) is 0.474. The molecule has 2 aliphatic carbocycles. The number of hydrogen-bond acceptors (Lipinski definition) is 5. The lowest BCUT2D eigenvalue weighted by atomic mass is 9.85. The van der Waals surface area contributed by atoms with Crippen molar-refractivity contribution in [2.24, 2.45) is 23.7 Å². The molecule has 3 aliphatic rings. The van der Waals surface area contributed by atoms with Crippen LogP contribution in [0.1, 0.15) is 18.6 Å². The average molecular weight is 353 g/mol. The first-order chi connectivity index (χ1) is 12.6. The van der Waals surface area contributed by atoms with Crippen LogP contribution in [0.2, 0.25) is 0 Å². The van der Waals surface area contributed by atoms with E-state index in [1.807, 2.05) is 18.2 Å². The molecule has 1 saturated heterocycles. The van der Waals surface area contributed by atoms with Gasteiger partial charge in [0.1, 0.15) is 12.3 Å². The van der Waals surface area contributed by atoms with Crippen LogP contribution in [0.15, 0.2) is 35.0 Å². The second-order valence-electron chi connectivity index (χ2n) is 7.07. The molecule has 1 aliphatic heterocycles. The van der Waals surface area contributed by atoms with Gasteiger partial charge >= 0.3 is 0 Å². The summed E-state index contributed by atoms with van der Waals surface area (Å²) in [5.74, 6) is -0.579. The molecule has 7 heteroatoms. The number of furan rings is 1. The summed E-state index contributed by atoms with van der Waals surface area (Å²) in [4.78, 5) is 40.7. The topological polar surface area (TPSA) is 94.6 Å². The summed E-state index contributed by atoms with van der Waals surface area (Å²) < 4.78 is 5.27. The molecule has 2 bridgehead atoms. The van der Waals surface area contributed by atoms with Crippen molar-refractivity contribution in [3.63, 3.8) is 0 Å². The normalized spacial score (nSPS) is 28.5. The highest BCUT2D eigenvalue weighted by Crippen LogP contribution is 2.52. The maximum absolute atomic E-state index is 12.7. The summed E-state index contributed by atoms with van der Waals surface area (Å²) in [5.41, 5.74) is 0. The molecule has 4 atom stereocenters. The summed E-state index contributed by atoms with van der Waals surface area (Å²) in [6.07, 6.45) is 6.60. The molecule has 0 aromatic carbocycles. The first-order valence-corrected chi connectivity index (χ1v) is 8.81. The molecule has 4 rings (SSSR count). The largest absolute Gasteiger partial charge is 0.467 e. The van der Waals surface area contributed by atoms with E-state index in [2.05, 4.69) is 0 Å². The summed E-state index contributed by atoms with van der Waals surface area (Å²) in [6.45, 7) is 0.172. The number of carbonyl (C=O) groups excluding carboxylic acids is 3. The highest BCUT2D eigenvalue weighted by molar-refractivity contribution is 6.08. The smallest absolute Gasteiger partial charge is 0.243 e. The fourth-order valence-corrected chi connectivity index (χ4v) is 4.42. The molecule has 0 spiro atoms. The Morgan fingerprint density at radius 2 is 1.96 bits per heavy atom. The Labute approximate surface area is 150 Å². The summed E-state index contributed by atoms with van der Waals surface area (Å²) in [6, 6.07) is 5.48. The Balaban J connectivity index is 1.46. The van der Waals surface area contributed by atoms with Gasteiger partial charge in [-0.25, -0.2) is 0 Å². The number of fused-ring (bicyclic) bond motifs is 5. The monoisotopic (exact) mass is 353 g/mol. The predicted molar refractivity (Wildman–Crippen MR) is 88.8 cm³/mol. The third kappa shape index (κ3) is 2.62. The molecule has 1 aromatic rings. The Hall–Kier alpha value is -2.88.